The molecule has 4 bridgehead atoms. The number of carbonyl (C=O) groups is 4. The van der Waals surface area contributed by atoms with Crippen LogP contribution in [0, 0.1) is 23.2 Å². The summed E-state index contributed by atoms with van der Waals surface area (Å²) in [5.74, 6) is 0.803. The van der Waals surface area contributed by atoms with Gasteiger partial charge in [-0.25, -0.2) is 0 Å². The van der Waals surface area contributed by atoms with Gasteiger partial charge in [-0.05, 0) is 82.5 Å². The summed E-state index contributed by atoms with van der Waals surface area (Å²) in [6.45, 7) is 4.75. The molecule has 4 aliphatic carbocycles. The van der Waals surface area contributed by atoms with Crippen molar-refractivity contribution in [3.8, 4) is 0 Å². The first-order valence-corrected chi connectivity index (χ1v) is 11.4. The number of hydrogen-bond acceptors (Lipinski definition) is 5. The highest BCUT2D eigenvalue weighted by atomic mass is 16.5. The molecule has 0 aliphatic heterocycles. The van der Waals surface area contributed by atoms with E-state index in [1.54, 1.807) is 0 Å². The number of likely N-dealkylation sites (N-methyl/N-ethyl adjacent to an activating group) is 1. The highest BCUT2D eigenvalue weighted by Gasteiger charge is 2.51. The fraction of sp³-hybridized carbons (Fsp3) is 0.826. The Balaban J connectivity index is 1.34. The van der Waals surface area contributed by atoms with Crippen molar-refractivity contribution in [1.82, 2.24) is 15.5 Å². The van der Waals surface area contributed by atoms with Gasteiger partial charge in [-0.2, -0.15) is 0 Å². The molecule has 2 N–H and O–H groups in total. The van der Waals surface area contributed by atoms with Gasteiger partial charge in [0.1, 0.15) is 6.54 Å². The highest BCUT2D eigenvalue weighted by Crippen LogP contribution is 2.61. The van der Waals surface area contributed by atoms with Crippen molar-refractivity contribution < 1.29 is 23.9 Å². The number of esters is 1. The maximum Gasteiger partial charge on any atom is 0.325 e. The molecular formula is C23H37N3O5. The molecule has 8 nitrogen and oxygen atoms in total. The summed E-state index contributed by atoms with van der Waals surface area (Å²) in [5, 5.41) is 5.43. The van der Waals surface area contributed by atoms with Crippen molar-refractivity contribution in [2.75, 3.05) is 26.7 Å². The number of hydrogen-bond donors (Lipinski definition) is 2. The molecule has 31 heavy (non-hydrogen) atoms. The van der Waals surface area contributed by atoms with Crippen LogP contribution in [-0.2, 0) is 23.9 Å². The smallest absolute Gasteiger partial charge is 0.325 e. The van der Waals surface area contributed by atoms with Gasteiger partial charge >= 0.3 is 5.97 Å². The van der Waals surface area contributed by atoms with Gasteiger partial charge in [0.2, 0.25) is 11.8 Å². The molecule has 4 aliphatic rings. The van der Waals surface area contributed by atoms with Gasteiger partial charge in [-0.3, -0.25) is 19.2 Å². The van der Waals surface area contributed by atoms with Gasteiger partial charge < -0.3 is 20.3 Å². The molecule has 0 radical (unpaired) electrons. The summed E-state index contributed by atoms with van der Waals surface area (Å²) in [6.07, 6.45) is 7.88. The summed E-state index contributed by atoms with van der Waals surface area (Å²) in [4.78, 5) is 49.6. The summed E-state index contributed by atoms with van der Waals surface area (Å²) in [7, 11) is 1.48. The molecule has 0 unspecified atom stereocenters. The zero-order valence-electron chi connectivity index (χ0n) is 19.3. The summed E-state index contributed by atoms with van der Waals surface area (Å²) in [5.41, 5.74) is -0.267. The third kappa shape index (κ3) is 6.68. The Labute approximate surface area is 184 Å². The van der Waals surface area contributed by atoms with Crippen molar-refractivity contribution in [3.05, 3.63) is 0 Å². The SMILES string of the molecule is CN(CC(=O)NC(C)(C)C)C(=O)COC(=O)CNC(=O)CC12CC3CC(CC(C3)C1)C2. The molecule has 0 aromatic heterocycles. The van der Waals surface area contributed by atoms with E-state index in [0.29, 0.717) is 6.42 Å². The predicted molar refractivity (Wildman–Crippen MR) is 115 cm³/mol. The van der Waals surface area contributed by atoms with Gasteiger partial charge in [0.25, 0.3) is 5.91 Å². The van der Waals surface area contributed by atoms with Crippen LogP contribution >= 0.6 is 0 Å². The van der Waals surface area contributed by atoms with Gasteiger partial charge in [0.15, 0.2) is 6.61 Å². The number of ether oxygens (including phenoxy) is 1. The third-order valence-corrected chi connectivity index (χ3v) is 6.81. The Hall–Kier alpha value is -2.12. The lowest BCUT2D eigenvalue weighted by Crippen LogP contribution is -2.48. The van der Waals surface area contributed by atoms with Crippen LogP contribution in [-0.4, -0.2) is 60.9 Å². The first-order chi connectivity index (χ1) is 14.4. The molecule has 0 atom stereocenters. The van der Waals surface area contributed by atoms with E-state index in [0.717, 1.165) is 37.0 Å². The predicted octanol–water partition coefficient (Wildman–Crippen LogP) is 1.63. The van der Waals surface area contributed by atoms with Gasteiger partial charge in [0.05, 0.1) is 6.54 Å². The summed E-state index contributed by atoms with van der Waals surface area (Å²) >= 11 is 0. The molecule has 3 amide bonds. The van der Waals surface area contributed by atoms with Crippen LogP contribution < -0.4 is 10.6 Å². The first-order valence-electron chi connectivity index (χ1n) is 11.4. The Bertz CT molecular complexity index is 692. The molecule has 8 heteroatoms. The molecule has 4 rings (SSSR count). The van der Waals surface area contributed by atoms with Crippen molar-refractivity contribution in [2.45, 2.75) is 71.3 Å². The number of amides is 3. The van der Waals surface area contributed by atoms with E-state index >= 15 is 0 Å². The first kappa shape index (κ1) is 23.5. The second kappa shape index (κ2) is 9.17. The topological polar surface area (TPSA) is 105 Å². The van der Waals surface area contributed by atoms with Gasteiger partial charge in [-0.15, -0.1) is 0 Å². The van der Waals surface area contributed by atoms with Crippen molar-refractivity contribution in [1.29, 1.82) is 0 Å². The Morgan fingerprint density at radius 1 is 0.968 bits per heavy atom. The molecule has 4 fully saturated rings. The number of nitrogens with one attached hydrogen (secondary N) is 2. The fourth-order valence-electron chi connectivity index (χ4n) is 6.15. The highest BCUT2D eigenvalue weighted by molar-refractivity contribution is 5.87. The van der Waals surface area contributed by atoms with Crippen molar-refractivity contribution in [2.24, 2.45) is 23.2 Å². The van der Waals surface area contributed by atoms with Crippen LogP contribution in [0.2, 0.25) is 0 Å². The van der Waals surface area contributed by atoms with Crippen LogP contribution in [0.1, 0.15) is 65.7 Å². The zero-order chi connectivity index (χ0) is 22.8. The Morgan fingerprint density at radius 2 is 1.52 bits per heavy atom. The number of nitrogens with zero attached hydrogens (tertiary/aromatic N) is 1. The van der Waals surface area contributed by atoms with Crippen molar-refractivity contribution >= 4 is 23.7 Å². The Kier molecular flexibility index (Phi) is 6.96. The monoisotopic (exact) mass is 435 g/mol. The minimum atomic E-state index is -0.653. The molecule has 0 aromatic carbocycles. The summed E-state index contributed by atoms with van der Waals surface area (Å²) in [6, 6.07) is 0. The van der Waals surface area contributed by atoms with E-state index in [1.807, 2.05) is 20.8 Å². The summed E-state index contributed by atoms with van der Waals surface area (Å²) < 4.78 is 4.98. The quantitative estimate of drug-likeness (QED) is 0.564. The van der Waals surface area contributed by atoms with Crippen LogP contribution in [0.5, 0.6) is 0 Å². The average molecular weight is 436 g/mol. The lowest BCUT2D eigenvalue weighted by molar-refractivity contribution is -0.152. The van der Waals surface area contributed by atoms with Gasteiger partial charge in [-0.1, -0.05) is 0 Å². The molecule has 174 valence electrons. The minimum Gasteiger partial charge on any atom is -0.454 e. The third-order valence-electron chi connectivity index (χ3n) is 6.81. The lowest BCUT2D eigenvalue weighted by atomic mass is 9.49. The van der Waals surface area contributed by atoms with E-state index in [9.17, 15) is 19.2 Å². The number of carbonyl (C=O) groups excluding carboxylic acids is 4. The Morgan fingerprint density at radius 3 is 2.03 bits per heavy atom. The maximum atomic E-state index is 12.5. The fourth-order valence-corrected chi connectivity index (χ4v) is 6.15. The molecule has 0 heterocycles. The van der Waals surface area contributed by atoms with E-state index < -0.39 is 18.5 Å². The second-order valence-electron chi connectivity index (χ2n) is 11.1. The van der Waals surface area contributed by atoms with Crippen LogP contribution in [0.15, 0.2) is 0 Å². The second-order valence-corrected chi connectivity index (χ2v) is 11.1. The standard InChI is InChI=1S/C23H37N3O5/c1-22(2,3)25-19(28)13-26(4)20(29)14-31-21(30)12-24-18(27)11-23-8-15-5-16(9-23)7-17(6-15)10-23/h15-17H,5-14H2,1-4H3,(H,24,27)(H,25,28). The minimum absolute atomic E-state index is 0.110. The van der Waals surface area contributed by atoms with E-state index in [2.05, 4.69) is 10.6 Å². The average Bonchev–Trinajstić information content (AvgIpc) is 2.61. The van der Waals surface area contributed by atoms with Crippen LogP contribution in [0.25, 0.3) is 0 Å². The molecule has 0 saturated heterocycles. The zero-order valence-corrected chi connectivity index (χ0v) is 19.3. The van der Waals surface area contributed by atoms with Crippen LogP contribution in [0.3, 0.4) is 0 Å². The van der Waals surface area contributed by atoms with E-state index in [1.165, 1.54) is 31.2 Å². The van der Waals surface area contributed by atoms with E-state index in [-0.39, 0.29) is 35.9 Å². The van der Waals surface area contributed by atoms with E-state index in [4.69, 9.17) is 4.74 Å². The van der Waals surface area contributed by atoms with Gasteiger partial charge in [0, 0.05) is 19.0 Å². The largest absolute Gasteiger partial charge is 0.454 e. The normalized spacial score (nSPS) is 28.7. The molecule has 0 aromatic rings. The van der Waals surface area contributed by atoms with Crippen LogP contribution in [0.4, 0.5) is 0 Å². The van der Waals surface area contributed by atoms with Crippen molar-refractivity contribution in [3.63, 3.8) is 0 Å². The lowest BCUT2D eigenvalue weighted by Gasteiger charge is -2.56. The maximum absolute atomic E-state index is 12.5. The number of rotatable bonds is 8. The molecule has 4 saturated carbocycles. The molecular weight excluding hydrogens is 398 g/mol. The molecule has 0 spiro atoms.